The van der Waals surface area contributed by atoms with E-state index in [4.69, 9.17) is 0 Å². The van der Waals surface area contributed by atoms with Gasteiger partial charge in [-0.25, -0.2) is 0 Å². The largest absolute Gasteiger partial charge is 0.298 e. The van der Waals surface area contributed by atoms with Crippen molar-refractivity contribution in [1.82, 2.24) is 9.80 Å². The van der Waals surface area contributed by atoms with E-state index in [9.17, 15) is 0 Å². The zero-order valence-corrected chi connectivity index (χ0v) is 10.6. The Hall–Kier alpha value is -0.0800. The van der Waals surface area contributed by atoms with Crippen molar-refractivity contribution < 1.29 is 0 Å². The molecule has 2 nitrogen and oxygen atoms in total. The highest BCUT2D eigenvalue weighted by molar-refractivity contribution is 4.93. The van der Waals surface area contributed by atoms with Gasteiger partial charge >= 0.3 is 0 Å². The van der Waals surface area contributed by atoms with Gasteiger partial charge in [0.1, 0.15) is 0 Å². The van der Waals surface area contributed by atoms with Crippen molar-refractivity contribution in [2.24, 2.45) is 0 Å². The van der Waals surface area contributed by atoms with Crippen LogP contribution in [0.2, 0.25) is 0 Å². The van der Waals surface area contributed by atoms with Crippen LogP contribution in [0.15, 0.2) is 0 Å². The second kappa shape index (κ2) is 4.63. The monoisotopic (exact) mass is 198 g/mol. The third kappa shape index (κ3) is 1.96. The quantitative estimate of drug-likeness (QED) is 0.671. The number of hydrogen-bond acceptors (Lipinski definition) is 2. The molecule has 0 bridgehead atoms. The lowest BCUT2D eigenvalue weighted by molar-refractivity contribution is -0.0253. The lowest BCUT2D eigenvalue weighted by atomic mass is 9.95. The lowest BCUT2D eigenvalue weighted by Crippen LogP contribution is -2.64. The van der Waals surface area contributed by atoms with Gasteiger partial charge in [-0.15, -0.1) is 0 Å². The van der Waals surface area contributed by atoms with Crippen molar-refractivity contribution in [3.63, 3.8) is 0 Å². The molecular formula is C12H26N2. The molecule has 14 heavy (non-hydrogen) atoms. The van der Waals surface area contributed by atoms with E-state index in [0.29, 0.717) is 24.2 Å². The molecule has 0 aliphatic carbocycles. The normalized spacial score (nSPS) is 41.6. The topological polar surface area (TPSA) is 6.48 Å². The number of nitrogens with zero attached hydrogens (tertiary/aromatic N) is 2. The zero-order chi connectivity index (χ0) is 10.9. The van der Waals surface area contributed by atoms with E-state index in [1.54, 1.807) is 0 Å². The summed E-state index contributed by atoms with van der Waals surface area (Å²) in [5.74, 6) is 0. The van der Waals surface area contributed by atoms with Gasteiger partial charge in [-0.2, -0.15) is 0 Å². The summed E-state index contributed by atoms with van der Waals surface area (Å²) in [6.45, 7) is 12.9. The van der Waals surface area contributed by atoms with Crippen LogP contribution in [0.4, 0.5) is 0 Å². The molecule has 1 heterocycles. The fourth-order valence-corrected chi connectivity index (χ4v) is 2.64. The van der Waals surface area contributed by atoms with Gasteiger partial charge in [0, 0.05) is 24.2 Å². The van der Waals surface area contributed by atoms with Crippen LogP contribution in [0.1, 0.15) is 41.0 Å². The molecule has 4 atom stereocenters. The first-order valence-electron chi connectivity index (χ1n) is 5.98. The molecule has 4 unspecified atom stereocenters. The molecule has 2 heteroatoms. The third-order valence-electron chi connectivity index (χ3n) is 4.21. The predicted molar refractivity (Wildman–Crippen MR) is 62.6 cm³/mol. The zero-order valence-electron chi connectivity index (χ0n) is 10.6. The van der Waals surface area contributed by atoms with Crippen LogP contribution in [0.3, 0.4) is 0 Å². The maximum absolute atomic E-state index is 2.66. The average Bonchev–Trinajstić information content (AvgIpc) is 2.19. The smallest absolute Gasteiger partial charge is 0.0224 e. The van der Waals surface area contributed by atoms with E-state index in [1.165, 1.54) is 13.0 Å². The minimum Gasteiger partial charge on any atom is -0.298 e. The van der Waals surface area contributed by atoms with Crippen LogP contribution in [0.5, 0.6) is 0 Å². The van der Waals surface area contributed by atoms with E-state index in [0.717, 1.165) is 0 Å². The van der Waals surface area contributed by atoms with Crippen LogP contribution in [0.25, 0.3) is 0 Å². The average molecular weight is 198 g/mol. The SMILES string of the molecule is CCCN1C(C)C(C)N(C)C(C)C1C. The Morgan fingerprint density at radius 2 is 1.29 bits per heavy atom. The van der Waals surface area contributed by atoms with E-state index in [2.05, 4.69) is 51.5 Å². The summed E-state index contributed by atoms with van der Waals surface area (Å²) in [5.41, 5.74) is 0. The summed E-state index contributed by atoms with van der Waals surface area (Å²) < 4.78 is 0. The van der Waals surface area contributed by atoms with Crippen LogP contribution < -0.4 is 0 Å². The second-order valence-electron chi connectivity index (χ2n) is 4.87. The third-order valence-corrected chi connectivity index (χ3v) is 4.21. The molecule has 0 aromatic rings. The standard InChI is InChI=1S/C12H26N2/c1-7-8-14-11(4)9(2)13(6)10(3)12(14)5/h9-12H,7-8H2,1-6H3. The van der Waals surface area contributed by atoms with E-state index in [-0.39, 0.29) is 0 Å². The first-order valence-corrected chi connectivity index (χ1v) is 5.98. The van der Waals surface area contributed by atoms with Gasteiger partial charge in [0.15, 0.2) is 0 Å². The number of piperazine rings is 1. The summed E-state index contributed by atoms with van der Waals surface area (Å²) in [5, 5.41) is 0. The van der Waals surface area contributed by atoms with E-state index in [1.807, 2.05) is 0 Å². The molecule has 0 saturated carbocycles. The summed E-state index contributed by atoms with van der Waals surface area (Å²) in [6, 6.07) is 2.72. The Labute approximate surface area is 89.3 Å². The molecule has 1 fully saturated rings. The lowest BCUT2D eigenvalue weighted by Gasteiger charge is -2.51. The summed E-state index contributed by atoms with van der Waals surface area (Å²) in [6.07, 6.45) is 1.26. The maximum atomic E-state index is 2.66. The fourth-order valence-electron chi connectivity index (χ4n) is 2.64. The van der Waals surface area contributed by atoms with Crippen molar-refractivity contribution >= 4 is 0 Å². The Balaban J connectivity index is 2.75. The molecule has 1 aliphatic heterocycles. The first kappa shape index (κ1) is 12.0. The Morgan fingerprint density at radius 3 is 1.64 bits per heavy atom. The van der Waals surface area contributed by atoms with E-state index >= 15 is 0 Å². The minimum absolute atomic E-state index is 0.674. The van der Waals surface area contributed by atoms with Gasteiger partial charge in [-0.1, -0.05) is 6.92 Å². The van der Waals surface area contributed by atoms with Crippen molar-refractivity contribution in [2.45, 2.75) is 65.2 Å². The highest BCUT2D eigenvalue weighted by Crippen LogP contribution is 2.25. The van der Waals surface area contributed by atoms with Crippen molar-refractivity contribution in [2.75, 3.05) is 13.6 Å². The fraction of sp³-hybridized carbons (Fsp3) is 1.00. The summed E-state index contributed by atoms with van der Waals surface area (Å²) >= 11 is 0. The predicted octanol–water partition coefficient (Wildman–Crippen LogP) is 2.20. The minimum atomic E-state index is 0.674. The number of likely N-dealkylation sites (N-methyl/N-ethyl adjacent to an activating group) is 1. The van der Waals surface area contributed by atoms with Crippen LogP contribution in [-0.2, 0) is 0 Å². The maximum Gasteiger partial charge on any atom is 0.0224 e. The van der Waals surface area contributed by atoms with Crippen LogP contribution in [-0.4, -0.2) is 47.6 Å². The van der Waals surface area contributed by atoms with Crippen LogP contribution >= 0.6 is 0 Å². The van der Waals surface area contributed by atoms with Crippen molar-refractivity contribution in [3.05, 3.63) is 0 Å². The molecule has 84 valence electrons. The molecule has 0 radical (unpaired) electrons. The molecule has 0 aromatic heterocycles. The van der Waals surface area contributed by atoms with Gasteiger partial charge in [-0.05, 0) is 47.7 Å². The molecule has 1 saturated heterocycles. The summed E-state index contributed by atoms with van der Waals surface area (Å²) in [4.78, 5) is 5.18. The van der Waals surface area contributed by atoms with Crippen LogP contribution in [0, 0.1) is 0 Å². The van der Waals surface area contributed by atoms with Gasteiger partial charge < -0.3 is 0 Å². The Morgan fingerprint density at radius 1 is 0.857 bits per heavy atom. The molecule has 0 spiro atoms. The van der Waals surface area contributed by atoms with Gasteiger partial charge in [0.25, 0.3) is 0 Å². The molecule has 0 amide bonds. The second-order valence-corrected chi connectivity index (χ2v) is 4.87. The molecule has 0 aromatic carbocycles. The first-order chi connectivity index (χ1) is 6.50. The summed E-state index contributed by atoms with van der Waals surface area (Å²) in [7, 11) is 2.26. The molecule has 1 rings (SSSR count). The Bertz CT molecular complexity index is 165. The van der Waals surface area contributed by atoms with Crippen molar-refractivity contribution in [1.29, 1.82) is 0 Å². The van der Waals surface area contributed by atoms with Crippen molar-refractivity contribution in [3.8, 4) is 0 Å². The van der Waals surface area contributed by atoms with Gasteiger partial charge in [-0.3, -0.25) is 9.80 Å². The van der Waals surface area contributed by atoms with Gasteiger partial charge in [0.2, 0.25) is 0 Å². The highest BCUT2D eigenvalue weighted by atomic mass is 15.3. The number of hydrogen-bond donors (Lipinski definition) is 0. The Kier molecular flexibility index (Phi) is 3.96. The molecule has 0 N–H and O–H groups in total. The van der Waals surface area contributed by atoms with Gasteiger partial charge in [0.05, 0.1) is 0 Å². The number of rotatable bonds is 2. The molecular weight excluding hydrogens is 172 g/mol. The highest BCUT2D eigenvalue weighted by Gasteiger charge is 2.37. The van der Waals surface area contributed by atoms with E-state index < -0.39 is 0 Å². The molecule has 1 aliphatic rings.